The van der Waals surface area contributed by atoms with E-state index in [4.69, 9.17) is 23.8 Å². The molecule has 14 nitrogen and oxygen atoms in total. The number of halogens is 25. The third-order valence-corrected chi connectivity index (χ3v) is 19.9. The largest absolute Gasteiger partial charge is 0.449 e. The van der Waals surface area contributed by atoms with Crippen LogP contribution >= 0.6 is 0 Å². The van der Waals surface area contributed by atoms with E-state index in [1.54, 1.807) is 19.6 Å². The van der Waals surface area contributed by atoms with Crippen LogP contribution in [-0.2, 0) is 47.0 Å². The summed E-state index contributed by atoms with van der Waals surface area (Å²) >= 11 is 0. The number of ether oxygens (including phenoxy) is 4. The molecule has 5 aliphatic carbocycles. The second-order valence-corrected chi connectivity index (χ2v) is 38.7. The summed E-state index contributed by atoms with van der Waals surface area (Å²) in [5.74, 6) is -28.0. The zero-order valence-electron chi connectivity index (χ0n) is 61.2. The van der Waals surface area contributed by atoms with Crippen molar-refractivity contribution < 1.29 is 177 Å². The fourth-order valence-corrected chi connectivity index (χ4v) is 14.9. The summed E-state index contributed by atoms with van der Waals surface area (Å²) in [6.45, 7) is 26.5. The van der Waals surface area contributed by atoms with Gasteiger partial charge in [0.1, 0.15) is 16.8 Å². The van der Waals surface area contributed by atoms with Crippen molar-refractivity contribution >= 4 is 40.5 Å². The molecule has 0 radical (unpaired) electrons. The summed E-state index contributed by atoms with van der Waals surface area (Å²) in [6, 6.07) is 0. The normalized spacial score (nSPS) is 20.9. The van der Waals surface area contributed by atoms with Gasteiger partial charge in [-0.1, -0.05) is 96.9 Å². The molecule has 108 heavy (non-hydrogen) atoms. The Bertz CT molecular complexity index is 2970. The minimum atomic E-state index is -5.51. The van der Waals surface area contributed by atoms with Crippen LogP contribution in [0.15, 0.2) is 48.6 Å². The molecule has 5 rings (SSSR count). The van der Waals surface area contributed by atoms with Crippen molar-refractivity contribution in [2.75, 3.05) is 0 Å². The van der Waals surface area contributed by atoms with Crippen LogP contribution < -0.4 is 0 Å². The standard InChI is InChI=1S/2C16H25F5O3Si.2C13H17F5O3.C9H13F5O2/c1-11(2)12(22)23-14(9-7-6-8-10-14)15(17,18)13(16(19,20)21)24-25(3,4)5;1-11(2)12(22)23-13(16(19,20)21)15(17,18)14(24-25(3,4)5)9-7-6-8-10-14;1-8(2)9(19)21-10(13(16,17)18)12(14,15)11(20)6-4-3-5-7-11;1-8(2)9(19)21-11(6-4-3-5-7-11)12(14,15)10(20)13(16,17)18;10-8(11,6(15)9(12,13)14)7(16)4-2-1-3-5-7/h2*13H,1,6-10H2,2-5H3;2*10,20H,1,3-7H2,2H3;6,15-16H,1-5H2. The van der Waals surface area contributed by atoms with Gasteiger partial charge in [0.25, 0.3) is 12.2 Å². The predicted octanol–water partition coefficient (Wildman–Crippen LogP) is 19.4. The van der Waals surface area contributed by atoms with Crippen LogP contribution in [0.3, 0.4) is 0 Å². The fraction of sp³-hybridized carbons (Fsp3) is 0.821. The molecule has 0 aromatic heterocycles. The molecular weight excluding hydrogens is 1560 g/mol. The van der Waals surface area contributed by atoms with Crippen molar-refractivity contribution in [1.82, 2.24) is 0 Å². The molecule has 632 valence electrons. The highest BCUT2D eigenvalue weighted by atomic mass is 28.4. The Kier molecular flexibility index (Phi) is 35.2. The Balaban J connectivity index is 0.000000680. The molecule has 0 spiro atoms. The van der Waals surface area contributed by atoms with Crippen LogP contribution in [-0.4, -0.2) is 180 Å². The van der Waals surface area contributed by atoms with Gasteiger partial charge in [-0.15, -0.1) is 0 Å². The lowest BCUT2D eigenvalue weighted by Gasteiger charge is -2.48. The second-order valence-electron chi connectivity index (χ2n) is 29.8. The van der Waals surface area contributed by atoms with Gasteiger partial charge in [-0.05, 0) is 157 Å². The molecule has 0 bridgehead atoms. The average Bonchev–Trinajstić information content (AvgIpc) is 0.766. The summed E-state index contributed by atoms with van der Waals surface area (Å²) in [4.78, 5) is 46.1. The van der Waals surface area contributed by atoms with E-state index in [-0.39, 0.29) is 93.8 Å². The lowest BCUT2D eigenvalue weighted by atomic mass is 9.77. The number of alkyl halides is 25. The number of hydrogen-bond donors (Lipinski definition) is 4. The number of aliphatic hydroxyl groups excluding tert-OH is 2. The van der Waals surface area contributed by atoms with Gasteiger partial charge < -0.3 is 48.2 Å². The number of carbonyl (C=O) groups excluding carboxylic acids is 4. The lowest BCUT2D eigenvalue weighted by Crippen LogP contribution is -2.65. The molecule has 0 saturated heterocycles. The van der Waals surface area contributed by atoms with E-state index in [9.17, 15) is 122 Å². The molecule has 0 aliphatic heterocycles. The van der Waals surface area contributed by atoms with Gasteiger partial charge in [0.05, 0.1) is 0 Å². The van der Waals surface area contributed by atoms with Gasteiger partial charge >= 0.3 is 84.4 Å². The van der Waals surface area contributed by atoms with Crippen molar-refractivity contribution in [3.63, 3.8) is 0 Å². The van der Waals surface area contributed by atoms with Crippen molar-refractivity contribution in [2.45, 2.75) is 347 Å². The second kappa shape index (κ2) is 37.5. The minimum Gasteiger partial charge on any atom is -0.449 e. The van der Waals surface area contributed by atoms with E-state index >= 15 is 17.6 Å². The maximum atomic E-state index is 15.1. The zero-order chi connectivity index (χ0) is 84.9. The van der Waals surface area contributed by atoms with Gasteiger partial charge in [-0.2, -0.15) is 101 Å². The molecule has 5 atom stereocenters. The number of aliphatic hydroxyl groups is 4. The van der Waals surface area contributed by atoms with Gasteiger partial charge in [-0.3, -0.25) is 0 Å². The van der Waals surface area contributed by atoms with Gasteiger partial charge in [0.2, 0.25) is 18.3 Å². The van der Waals surface area contributed by atoms with E-state index in [0.29, 0.717) is 44.9 Å². The summed E-state index contributed by atoms with van der Waals surface area (Å²) in [5, 5.41) is 37.0. The van der Waals surface area contributed by atoms with E-state index in [1.165, 1.54) is 33.5 Å². The predicted molar refractivity (Wildman–Crippen MR) is 344 cm³/mol. The Morgan fingerprint density at radius 3 is 0.796 bits per heavy atom. The number of esters is 4. The molecule has 5 aliphatic rings. The smallest absolute Gasteiger partial charge is 0.431 e. The first-order valence-electron chi connectivity index (χ1n) is 34.1. The quantitative estimate of drug-likeness (QED) is 0.0262. The molecule has 0 aromatic carbocycles. The van der Waals surface area contributed by atoms with Crippen LogP contribution in [0.5, 0.6) is 0 Å². The van der Waals surface area contributed by atoms with Crippen molar-refractivity contribution in [1.29, 1.82) is 0 Å². The molecular formula is C67H97F25O14Si2. The van der Waals surface area contributed by atoms with Crippen LogP contribution in [0.25, 0.3) is 0 Å². The molecule has 5 fully saturated rings. The van der Waals surface area contributed by atoms with Gasteiger partial charge in [0.15, 0.2) is 27.8 Å². The highest BCUT2D eigenvalue weighted by molar-refractivity contribution is 6.70. The summed E-state index contributed by atoms with van der Waals surface area (Å²) < 4.78 is 365. The molecule has 41 heteroatoms. The first kappa shape index (κ1) is 101. The lowest BCUT2D eigenvalue weighted by molar-refractivity contribution is -0.320. The molecule has 4 N–H and O–H groups in total. The maximum absolute atomic E-state index is 15.1. The van der Waals surface area contributed by atoms with Crippen molar-refractivity contribution in [3.05, 3.63) is 48.6 Å². The molecule has 5 saturated carbocycles. The van der Waals surface area contributed by atoms with Gasteiger partial charge in [-0.25, -0.2) is 28.0 Å². The summed E-state index contributed by atoms with van der Waals surface area (Å²) in [7, 11) is -5.56. The Hall–Kier alpha value is -4.72. The van der Waals surface area contributed by atoms with Crippen LogP contribution in [0.2, 0.25) is 39.3 Å². The molecule has 0 heterocycles. The van der Waals surface area contributed by atoms with E-state index in [2.05, 4.69) is 40.5 Å². The van der Waals surface area contributed by atoms with E-state index in [0.717, 1.165) is 13.8 Å². The number of carbonyl (C=O) groups is 4. The Labute approximate surface area is 611 Å². The van der Waals surface area contributed by atoms with E-state index in [1.807, 2.05) is 0 Å². The summed E-state index contributed by atoms with van der Waals surface area (Å²) in [6.07, 6.45) is -43.9. The molecule has 0 amide bonds. The Morgan fingerprint density at radius 2 is 0.546 bits per heavy atom. The SMILES string of the molecule is C=C(C)C(=O)OC(C(F)(F)F)C(F)(F)C1(O)CCCCC1.C=C(C)C(=O)OC(C(F)(F)F)C(F)(F)C1(O[Si](C)(C)C)CCCCC1.C=C(C)C(=O)OC1(C(F)(F)C(O)C(F)(F)F)CCCCC1.C=C(C)C(=O)OC1(C(F)(F)C(O[Si](C)(C)C)C(F)(F)F)CCCCC1.OC(C(F)(F)F)C(F)(F)C1(O)CCCCC1. The third kappa shape index (κ3) is 26.7. The topological polar surface area (TPSA) is 205 Å². The molecule has 5 unspecified atom stereocenters. The summed E-state index contributed by atoms with van der Waals surface area (Å²) in [5.41, 5.74) is -14.2. The van der Waals surface area contributed by atoms with E-state index < -0.39 is 204 Å². The van der Waals surface area contributed by atoms with Gasteiger partial charge in [0, 0.05) is 22.3 Å². The highest BCUT2D eigenvalue weighted by Gasteiger charge is 2.73. The van der Waals surface area contributed by atoms with Crippen LogP contribution in [0.1, 0.15) is 188 Å². The monoisotopic (exact) mass is 1660 g/mol. The fourth-order valence-electron chi connectivity index (χ4n) is 12.4. The maximum Gasteiger partial charge on any atom is 0.431 e. The van der Waals surface area contributed by atoms with Crippen molar-refractivity contribution in [2.24, 2.45) is 0 Å². The zero-order valence-corrected chi connectivity index (χ0v) is 63.2. The molecule has 0 aromatic rings. The first-order chi connectivity index (χ1) is 48.2. The van der Waals surface area contributed by atoms with Crippen LogP contribution in [0, 0.1) is 0 Å². The number of hydrogen-bond acceptors (Lipinski definition) is 14. The number of rotatable bonds is 22. The van der Waals surface area contributed by atoms with Crippen molar-refractivity contribution in [3.8, 4) is 0 Å². The minimum absolute atomic E-state index is 0.143. The Morgan fingerprint density at radius 1 is 0.315 bits per heavy atom. The highest BCUT2D eigenvalue weighted by Crippen LogP contribution is 2.55. The average molecular weight is 1660 g/mol. The first-order valence-corrected chi connectivity index (χ1v) is 41.0. The third-order valence-electron chi connectivity index (χ3n) is 18.0. The van der Waals surface area contributed by atoms with Crippen LogP contribution in [0.4, 0.5) is 110 Å².